The van der Waals surface area contributed by atoms with E-state index >= 15 is 0 Å². The first-order chi connectivity index (χ1) is 14.6. The lowest BCUT2D eigenvalue weighted by Crippen LogP contribution is -2.33. The Kier molecular flexibility index (Phi) is 8.06. The van der Waals surface area contributed by atoms with Crippen LogP contribution in [0, 0.1) is 35.5 Å². The molecule has 3 nitrogen and oxygen atoms in total. The van der Waals surface area contributed by atoms with Gasteiger partial charge in [0.15, 0.2) is 0 Å². The highest BCUT2D eigenvalue weighted by Gasteiger charge is 2.20. The van der Waals surface area contributed by atoms with Gasteiger partial charge in [-0.15, -0.1) is 0 Å². The van der Waals surface area contributed by atoms with Crippen LogP contribution in [0.3, 0.4) is 0 Å². The number of nitriles is 2. The summed E-state index contributed by atoms with van der Waals surface area (Å²) < 4.78 is 0. The first-order valence-electron chi connectivity index (χ1n) is 11.3. The van der Waals surface area contributed by atoms with Crippen molar-refractivity contribution < 1.29 is 0 Å². The number of nitrogens with zero attached hydrogens (tertiary/aromatic N) is 3. The molecule has 1 fully saturated rings. The van der Waals surface area contributed by atoms with Crippen LogP contribution in [0.15, 0.2) is 42.5 Å². The fourth-order valence-corrected chi connectivity index (χ4v) is 4.76. The van der Waals surface area contributed by atoms with Gasteiger partial charge in [0.05, 0.1) is 23.3 Å². The molecule has 3 rings (SSSR count). The lowest BCUT2D eigenvalue weighted by molar-refractivity contribution is 0.170. The molecule has 1 aliphatic rings. The van der Waals surface area contributed by atoms with Gasteiger partial charge in [0.2, 0.25) is 0 Å². The third-order valence-electron chi connectivity index (χ3n) is 6.67. The fraction of sp³-hybridized carbons (Fsp3) is 0.481. The van der Waals surface area contributed by atoms with Crippen molar-refractivity contribution in [2.75, 3.05) is 13.1 Å². The molecule has 0 aromatic heterocycles. The molecular weight excluding hydrogens is 366 g/mol. The zero-order chi connectivity index (χ0) is 21.3. The molecule has 1 unspecified atom stereocenters. The van der Waals surface area contributed by atoms with E-state index < -0.39 is 0 Å². The molecule has 0 aliphatic carbocycles. The van der Waals surface area contributed by atoms with E-state index in [4.69, 9.17) is 10.5 Å². The molecule has 2 aromatic carbocycles. The molecule has 0 bridgehead atoms. The second-order valence-electron chi connectivity index (χ2n) is 8.75. The smallest absolute Gasteiger partial charge is 0.0994 e. The number of piperidine rings is 1. The maximum absolute atomic E-state index is 9.15. The van der Waals surface area contributed by atoms with Crippen LogP contribution in [0.5, 0.6) is 0 Å². The Balaban J connectivity index is 1.42. The van der Waals surface area contributed by atoms with Crippen molar-refractivity contribution in [2.45, 2.75) is 64.8 Å². The topological polar surface area (TPSA) is 50.8 Å². The van der Waals surface area contributed by atoms with Gasteiger partial charge >= 0.3 is 0 Å². The molecule has 156 valence electrons. The average Bonchev–Trinajstić information content (AvgIpc) is 2.78. The molecule has 1 aliphatic heterocycles. The molecule has 0 radical (unpaired) electrons. The van der Waals surface area contributed by atoms with Crippen LogP contribution in [0.25, 0.3) is 0 Å². The highest BCUT2D eigenvalue weighted by atomic mass is 15.1. The number of aryl methyl sites for hydroxylation is 1. The summed E-state index contributed by atoms with van der Waals surface area (Å²) in [5.74, 6) is 1.44. The van der Waals surface area contributed by atoms with E-state index in [0.29, 0.717) is 5.92 Å². The van der Waals surface area contributed by atoms with Crippen molar-refractivity contribution in [3.05, 3.63) is 70.3 Å². The van der Waals surface area contributed by atoms with Gasteiger partial charge in [-0.2, -0.15) is 10.5 Å². The molecule has 1 saturated heterocycles. The van der Waals surface area contributed by atoms with Crippen molar-refractivity contribution in [3.63, 3.8) is 0 Å². The van der Waals surface area contributed by atoms with Crippen molar-refractivity contribution >= 4 is 0 Å². The van der Waals surface area contributed by atoms with E-state index in [9.17, 15) is 0 Å². The fourth-order valence-electron chi connectivity index (χ4n) is 4.76. The maximum Gasteiger partial charge on any atom is 0.0994 e. The second kappa shape index (κ2) is 11.0. The Hall–Kier alpha value is -2.62. The van der Waals surface area contributed by atoms with Gasteiger partial charge < -0.3 is 0 Å². The highest BCUT2D eigenvalue weighted by molar-refractivity contribution is 5.40. The van der Waals surface area contributed by atoms with E-state index in [2.05, 4.69) is 42.2 Å². The third kappa shape index (κ3) is 5.94. The quantitative estimate of drug-likeness (QED) is 0.522. The molecule has 0 N–H and O–H groups in total. The Bertz CT molecular complexity index is 910. The number of hydrogen-bond acceptors (Lipinski definition) is 3. The first-order valence-corrected chi connectivity index (χ1v) is 11.3. The van der Waals surface area contributed by atoms with Gasteiger partial charge in [0, 0.05) is 6.54 Å². The molecule has 0 amide bonds. The summed E-state index contributed by atoms with van der Waals surface area (Å²) in [6.45, 7) is 7.59. The Morgan fingerprint density at radius 2 is 1.87 bits per heavy atom. The molecular formula is C27H33N3. The maximum atomic E-state index is 9.15. The zero-order valence-electron chi connectivity index (χ0n) is 18.4. The SMILES string of the molecule is CCC(CCCC1CCN(Cc2cccc(C#N)c2)CC1)c1ccc(C#N)c(C)c1. The summed E-state index contributed by atoms with van der Waals surface area (Å²) in [6.07, 6.45) is 7.57. The van der Waals surface area contributed by atoms with Crippen LogP contribution in [0.4, 0.5) is 0 Å². The van der Waals surface area contributed by atoms with Crippen molar-refractivity contribution in [3.8, 4) is 12.1 Å². The van der Waals surface area contributed by atoms with Gasteiger partial charge in [-0.1, -0.05) is 44.0 Å². The minimum absolute atomic E-state index is 0.601. The summed E-state index contributed by atoms with van der Waals surface area (Å²) in [6, 6.07) is 18.9. The molecule has 1 heterocycles. The Labute approximate surface area is 182 Å². The van der Waals surface area contributed by atoms with E-state index in [-0.39, 0.29) is 0 Å². The molecule has 3 heteroatoms. The van der Waals surface area contributed by atoms with Gasteiger partial charge in [-0.3, -0.25) is 4.90 Å². The third-order valence-corrected chi connectivity index (χ3v) is 6.67. The van der Waals surface area contributed by atoms with Crippen LogP contribution < -0.4 is 0 Å². The molecule has 1 atom stereocenters. The summed E-state index contributed by atoms with van der Waals surface area (Å²) in [4.78, 5) is 2.53. The summed E-state index contributed by atoms with van der Waals surface area (Å²) in [7, 11) is 0. The number of hydrogen-bond donors (Lipinski definition) is 0. The Morgan fingerprint density at radius 3 is 2.53 bits per heavy atom. The van der Waals surface area contributed by atoms with Crippen molar-refractivity contribution in [1.82, 2.24) is 4.90 Å². The molecule has 0 saturated carbocycles. The average molecular weight is 400 g/mol. The summed E-state index contributed by atoms with van der Waals surface area (Å²) in [5, 5.41) is 18.2. The lowest BCUT2D eigenvalue weighted by atomic mass is 9.86. The van der Waals surface area contributed by atoms with Crippen LogP contribution in [0.1, 0.15) is 79.2 Å². The standard InChI is InChI=1S/C27H33N3/c1-3-25(26-10-11-27(19-29)21(2)16-26)9-5-6-22-12-14-30(15-13-22)20-24-8-4-7-23(17-24)18-28/h4,7-8,10-11,16-17,22,25H,3,5-6,9,12-15,20H2,1-2H3. The number of benzene rings is 2. The largest absolute Gasteiger partial charge is 0.299 e. The highest BCUT2D eigenvalue weighted by Crippen LogP contribution is 2.30. The predicted molar refractivity (Wildman–Crippen MR) is 122 cm³/mol. The van der Waals surface area contributed by atoms with Crippen molar-refractivity contribution in [1.29, 1.82) is 10.5 Å². The lowest BCUT2D eigenvalue weighted by Gasteiger charge is -2.32. The van der Waals surface area contributed by atoms with E-state index in [1.807, 2.05) is 31.2 Å². The Morgan fingerprint density at radius 1 is 1.07 bits per heavy atom. The van der Waals surface area contributed by atoms with Crippen LogP contribution in [0.2, 0.25) is 0 Å². The monoisotopic (exact) mass is 399 g/mol. The van der Waals surface area contributed by atoms with Gasteiger partial charge in [0.25, 0.3) is 0 Å². The second-order valence-corrected chi connectivity index (χ2v) is 8.75. The zero-order valence-corrected chi connectivity index (χ0v) is 18.4. The first kappa shape index (κ1) is 22.1. The summed E-state index contributed by atoms with van der Waals surface area (Å²) >= 11 is 0. The molecule has 30 heavy (non-hydrogen) atoms. The van der Waals surface area contributed by atoms with E-state index in [0.717, 1.165) is 48.7 Å². The molecule has 0 spiro atoms. The van der Waals surface area contributed by atoms with Gasteiger partial charge in [0.1, 0.15) is 0 Å². The molecule has 2 aromatic rings. The van der Waals surface area contributed by atoms with Gasteiger partial charge in [-0.05, 0) is 92.4 Å². The minimum atomic E-state index is 0.601. The number of likely N-dealkylation sites (tertiary alicyclic amines) is 1. The van der Waals surface area contributed by atoms with Crippen LogP contribution in [-0.4, -0.2) is 18.0 Å². The van der Waals surface area contributed by atoms with E-state index in [1.54, 1.807) is 0 Å². The number of rotatable bonds is 8. The van der Waals surface area contributed by atoms with E-state index in [1.165, 1.54) is 43.2 Å². The van der Waals surface area contributed by atoms with Crippen LogP contribution in [-0.2, 0) is 6.54 Å². The van der Waals surface area contributed by atoms with Crippen molar-refractivity contribution in [2.24, 2.45) is 5.92 Å². The normalized spacial score (nSPS) is 16.0. The van der Waals surface area contributed by atoms with Crippen LogP contribution >= 0.6 is 0 Å². The van der Waals surface area contributed by atoms with Gasteiger partial charge in [-0.25, -0.2) is 0 Å². The predicted octanol–water partition coefficient (Wildman–Crippen LogP) is 6.31. The summed E-state index contributed by atoms with van der Waals surface area (Å²) in [5.41, 5.74) is 5.28. The minimum Gasteiger partial charge on any atom is -0.299 e.